The third kappa shape index (κ3) is 4.54. The number of nitrogens with two attached hydrogens (primary N) is 1. The van der Waals surface area contributed by atoms with Gasteiger partial charge in [0.1, 0.15) is 28.7 Å². The van der Waals surface area contributed by atoms with Crippen molar-refractivity contribution < 1.29 is 9.59 Å². The van der Waals surface area contributed by atoms with Crippen LogP contribution in [-0.2, 0) is 4.79 Å². The quantitative estimate of drug-likeness (QED) is 0.330. The predicted octanol–water partition coefficient (Wildman–Crippen LogP) is 4.10. The first kappa shape index (κ1) is 24.9. The standard InChI is InChI=1S/C30H26N8O2/c1-2-6-25(39)37-17-5-7-23(37)29-35-26(27-28(31)33-14-18-38(27)29)20-8-10-21(11-9-20)30(40)34-24-19-22(12-13-32-24)36-15-3-4-16-36/h3-4,8-16,18-19,23H,5,7,17H2,1H3,(H2,31,33)(H,32,34,40)/t23-/m0/s1. The van der Waals surface area contributed by atoms with Crippen LogP contribution in [0.5, 0.6) is 0 Å². The van der Waals surface area contributed by atoms with Crippen molar-refractivity contribution in [3.05, 3.63) is 90.9 Å². The smallest absolute Gasteiger partial charge is 0.299 e. The lowest BCUT2D eigenvalue weighted by Gasteiger charge is -2.21. The lowest BCUT2D eigenvalue weighted by Crippen LogP contribution is -2.30. The van der Waals surface area contributed by atoms with Crippen LogP contribution in [0.1, 0.15) is 42.0 Å². The van der Waals surface area contributed by atoms with Gasteiger partial charge in [-0.15, -0.1) is 0 Å². The summed E-state index contributed by atoms with van der Waals surface area (Å²) in [5, 5.41) is 2.86. The molecule has 10 nitrogen and oxygen atoms in total. The fraction of sp³-hybridized carbons (Fsp3) is 0.167. The van der Waals surface area contributed by atoms with Gasteiger partial charge in [0.25, 0.3) is 11.8 Å². The zero-order chi connectivity index (χ0) is 27.6. The number of hydrogen-bond acceptors (Lipinski definition) is 6. The van der Waals surface area contributed by atoms with Crippen molar-refractivity contribution in [3.63, 3.8) is 0 Å². The number of nitrogen functional groups attached to an aromatic ring is 1. The maximum atomic E-state index is 13.0. The average molecular weight is 531 g/mol. The molecule has 1 aliphatic heterocycles. The summed E-state index contributed by atoms with van der Waals surface area (Å²) >= 11 is 0. The molecule has 0 saturated carbocycles. The molecule has 0 bridgehead atoms. The Morgan fingerprint density at radius 1 is 1.05 bits per heavy atom. The summed E-state index contributed by atoms with van der Waals surface area (Å²) in [6, 6.07) is 14.4. The van der Waals surface area contributed by atoms with Crippen LogP contribution in [0.15, 0.2) is 79.5 Å². The lowest BCUT2D eigenvalue weighted by molar-refractivity contribution is -0.126. The SMILES string of the molecule is CC#CC(=O)N1CCC[C@H]1c1nc(-c2ccc(C(=O)Nc3cc(-n4cccc4)ccn3)cc2)c2c(N)nccn12. The number of imidazole rings is 1. The summed E-state index contributed by atoms with van der Waals surface area (Å²) in [6.07, 6.45) is 10.6. The van der Waals surface area contributed by atoms with E-state index in [9.17, 15) is 9.59 Å². The molecule has 40 heavy (non-hydrogen) atoms. The maximum Gasteiger partial charge on any atom is 0.299 e. The van der Waals surface area contributed by atoms with Crippen LogP contribution in [-0.4, -0.2) is 47.2 Å². The van der Waals surface area contributed by atoms with Gasteiger partial charge in [0.15, 0.2) is 0 Å². The number of hydrogen-bond donors (Lipinski definition) is 2. The highest BCUT2D eigenvalue weighted by atomic mass is 16.2. The van der Waals surface area contributed by atoms with Crippen molar-refractivity contribution in [3.8, 4) is 28.8 Å². The number of nitrogens with zero attached hydrogens (tertiary/aromatic N) is 6. The molecule has 10 heteroatoms. The highest BCUT2D eigenvalue weighted by Crippen LogP contribution is 2.36. The van der Waals surface area contributed by atoms with Crippen LogP contribution < -0.4 is 11.1 Å². The Morgan fingerprint density at radius 3 is 2.62 bits per heavy atom. The summed E-state index contributed by atoms with van der Waals surface area (Å²) in [7, 11) is 0. The first-order chi connectivity index (χ1) is 19.5. The van der Waals surface area contributed by atoms with E-state index in [0.717, 1.165) is 24.1 Å². The van der Waals surface area contributed by atoms with E-state index in [4.69, 9.17) is 10.7 Å². The molecule has 5 aromatic rings. The molecule has 0 spiro atoms. The fourth-order valence-electron chi connectivity index (χ4n) is 5.10. The van der Waals surface area contributed by atoms with E-state index in [0.29, 0.717) is 40.8 Å². The van der Waals surface area contributed by atoms with Crippen LogP contribution >= 0.6 is 0 Å². The normalized spacial score (nSPS) is 14.6. The molecule has 198 valence electrons. The molecule has 6 rings (SSSR count). The second-order valence-corrected chi connectivity index (χ2v) is 9.40. The van der Waals surface area contributed by atoms with Crippen molar-refractivity contribution in [1.29, 1.82) is 0 Å². The Labute approximate surface area is 230 Å². The van der Waals surface area contributed by atoms with E-state index in [1.165, 1.54) is 0 Å². The third-order valence-electron chi connectivity index (χ3n) is 6.96. The minimum atomic E-state index is -0.280. The molecule has 0 aliphatic carbocycles. The van der Waals surface area contributed by atoms with Gasteiger partial charge in [0.05, 0.1) is 11.7 Å². The molecule has 4 aromatic heterocycles. The van der Waals surface area contributed by atoms with E-state index in [1.807, 2.05) is 57.8 Å². The fourth-order valence-corrected chi connectivity index (χ4v) is 5.10. The van der Waals surface area contributed by atoms with Crippen molar-refractivity contribution in [1.82, 2.24) is 28.8 Å². The minimum absolute atomic E-state index is 0.214. The predicted molar refractivity (Wildman–Crippen MR) is 151 cm³/mol. The van der Waals surface area contributed by atoms with E-state index in [2.05, 4.69) is 27.1 Å². The monoisotopic (exact) mass is 530 g/mol. The zero-order valence-electron chi connectivity index (χ0n) is 21.8. The van der Waals surface area contributed by atoms with E-state index in [1.54, 1.807) is 42.5 Å². The largest absolute Gasteiger partial charge is 0.382 e. The Bertz CT molecular complexity index is 1780. The number of benzene rings is 1. The molecule has 1 aliphatic rings. The topological polar surface area (TPSA) is 123 Å². The van der Waals surface area contributed by atoms with Crippen LogP contribution in [0.4, 0.5) is 11.6 Å². The van der Waals surface area contributed by atoms with Gasteiger partial charge in [-0.25, -0.2) is 15.0 Å². The maximum absolute atomic E-state index is 13.0. The second kappa shape index (κ2) is 10.4. The van der Waals surface area contributed by atoms with Crippen molar-refractivity contribution in [2.45, 2.75) is 25.8 Å². The van der Waals surface area contributed by atoms with E-state index < -0.39 is 0 Å². The number of fused-ring (bicyclic) bond motifs is 1. The van der Waals surface area contributed by atoms with Crippen molar-refractivity contribution in [2.75, 3.05) is 17.6 Å². The number of aromatic nitrogens is 5. The molecule has 2 amide bonds. The Hall–Kier alpha value is -5.43. The Balaban J connectivity index is 1.29. The molecule has 1 fully saturated rings. The number of carbonyl (C=O) groups excluding carboxylic acids is 2. The van der Waals surface area contributed by atoms with Crippen molar-refractivity contribution in [2.24, 2.45) is 0 Å². The summed E-state index contributed by atoms with van der Waals surface area (Å²) in [5.74, 6) is 6.34. The molecule has 5 heterocycles. The van der Waals surface area contributed by atoms with Gasteiger partial charge in [-0.3, -0.25) is 14.0 Å². The first-order valence-corrected chi connectivity index (χ1v) is 12.9. The second-order valence-electron chi connectivity index (χ2n) is 9.40. The van der Waals surface area contributed by atoms with Crippen LogP contribution in [0.2, 0.25) is 0 Å². The number of nitrogens with one attached hydrogen (secondary N) is 1. The third-order valence-corrected chi connectivity index (χ3v) is 6.96. The molecule has 1 atom stereocenters. The van der Waals surface area contributed by atoms with Crippen LogP contribution in [0.3, 0.4) is 0 Å². The summed E-state index contributed by atoms with van der Waals surface area (Å²) in [4.78, 5) is 40.9. The Morgan fingerprint density at radius 2 is 1.85 bits per heavy atom. The van der Waals surface area contributed by atoms with Gasteiger partial charge < -0.3 is 20.5 Å². The molecule has 0 radical (unpaired) electrons. The van der Waals surface area contributed by atoms with Gasteiger partial charge in [0, 0.05) is 54.7 Å². The van der Waals surface area contributed by atoms with E-state index in [-0.39, 0.29) is 17.9 Å². The minimum Gasteiger partial charge on any atom is -0.382 e. The average Bonchev–Trinajstić information content (AvgIpc) is 3.74. The van der Waals surface area contributed by atoms with Crippen LogP contribution in [0, 0.1) is 11.8 Å². The van der Waals surface area contributed by atoms with Gasteiger partial charge in [0.2, 0.25) is 0 Å². The number of anilines is 2. The zero-order valence-corrected chi connectivity index (χ0v) is 21.8. The lowest BCUT2D eigenvalue weighted by atomic mass is 10.1. The molecule has 3 N–H and O–H groups in total. The van der Waals surface area contributed by atoms with Gasteiger partial charge in [-0.1, -0.05) is 18.1 Å². The number of pyridine rings is 1. The van der Waals surface area contributed by atoms with Gasteiger partial charge in [-0.2, -0.15) is 0 Å². The van der Waals surface area contributed by atoms with Gasteiger partial charge >= 0.3 is 0 Å². The van der Waals surface area contributed by atoms with Gasteiger partial charge in [-0.05, 0) is 56.0 Å². The van der Waals surface area contributed by atoms with E-state index >= 15 is 0 Å². The summed E-state index contributed by atoms with van der Waals surface area (Å²) in [6.45, 7) is 2.27. The molecule has 0 unspecified atom stereocenters. The number of likely N-dealkylation sites (tertiary alicyclic amines) is 1. The Kier molecular flexibility index (Phi) is 6.46. The van der Waals surface area contributed by atoms with Crippen molar-refractivity contribution >= 4 is 29.0 Å². The molecule has 1 aromatic carbocycles. The number of carbonyl (C=O) groups is 2. The number of rotatable bonds is 5. The highest BCUT2D eigenvalue weighted by Gasteiger charge is 2.33. The summed E-state index contributed by atoms with van der Waals surface area (Å²) in [5.41, 5.74) is 9.74. The molecular formula is C30H26N8O2. The molecule has 1 saturated heterocycles. The molecular weight excluding hydrogens is 504 g/mol. The number of amides is 2. The highest BCUT2D eigenvalue weighted by molar-refractivity contribution is 6.04. The first-order valence-electron chi connectivity index (χ1n) is 12.9. The van der Waals surface area contributed by atoms with Crippen LogP contribution in [0.25, 0.3) is 22.5 Å². The summed E-state index contributed by atoms with van der Waals surface area (Å²) < 4.78 is 3.84.